The second kappa shape index (κ2) is 9.51. The van der Waals surface area contributed by atoms with Gasteiger partial charge in [0.15, 0.2) is 11.4 Å². The van der Waals surface area contributed by atoms with Gasteiger partial charge in [-0.3, -0.25) is 14.4 Å². The van der Waals surface area contributed by atoms with Gasteiger partial charge in [-0.1, -0.05) is 0 Å². The van der Waals surface area contributed by atoms with Gasteiger partial charge in [-0.15, -0.1) is 0 Å². The molecule has 0 radical (unpaired) electrons. The fraction of sp³-hybridized carbons (Fsp3) is 0.464. The molecule has 0 spiro atoms. The number of amides is 1. The standard InChI is InChI=1S/C28H34N4O7/c1-31(2)18-9-14(11-30-12-16-5-4-6-32(16)3)23(34)21-17(18)8-13-7-15-10-19(33)22(27(29)38)26(37)28(15,39)25(36)20(13)24(21)35/h4-6,9,13,15,19,22,30,33-35,39H,7-8,10-12H2,1-3H3,(H2,29,38)/t13-,15+,19?,22?,28+/m1/s1. The number of hydrogen-bond acceptors (Lipinski definition) is 9. The molecule has 7 N–H and O–H groups in total. The Morgan fingerprint density at radius 1 is 1.23 bits per heavy atom. The van der Waals surface area contributed by atoms with Crippen LogP contribution in [0.3, 0.4) is 0 Å². The van der Waals surface area contributed by atoms with Crippen LogP contribution < -0.4 is 16.0 Å². The number of aliphatic hydroxyl groups is 3. The number of aromatic hydroxyl groups is 1. The van der Waals surface area contributed by atoms with Crippen LogP contribution in [0.4, 0.5) is 5.69 Å². The molecule has 39 heavy (non-hydrogen) atoms. The second-order valence-corrected chi connectivity index (χ2v) is 11.1. The summed E-state index contributed by atoms with van der Waals surface area (Å²) < 4.78 is 1.97. The lowest BCUT2D eigenvalue weighted by Gasteiger charge is -2.48. The average Bonchev–Trinajstić information content (AvgIpc) is 3.26. The molecule has 3 aliphatic rings. The number of nitrogens with zero attached hydrogens (tertiary/aromatic N) is 2. The Bertz CT molecular complexity index is 1410. The highest BCUT2D eigenvalue weighted by Gasteiger charge is 2.64. The van der Waals surface area contributed by atoms with E-state index >= 15 is 0 Å². The van der Waals surface area contributed by atoms with E-state index in [4.69, 9.17) is 5.73 Å². The van der Waals surface area contributed by atoms with Crippen molar-refractivity contribution >= 4 is 28.9 Å². The monoisotopic (exact) mass is 538 g/mol. The summed E-state index contributed by atoms with van der Waals surface area (Å²) in [7, 11) is 5.62. The van der Waals surface area contributed by atoms with Gasteiger partial charge < -0.3 is 40.9 Å². The van der Waals surface area contributed by atoms with E-state index in [1.54, 1.807) is 0 Å². The fourth-order valence-corrected chi connectivity index (χ4v) is 6.57. The number of Topliss-reactive ketones (excluding diaryl/α,β-unsaturated/α-hetero) is 2. The van der Waals surface area contributed by atoms with E-state index in [0.29, 0.717) is 17.7 Å². The van der Waals surface area contributed by atoms with Crippen molar-refractivity contribution in [1.29, 1.82) is 0 Å². The third-order valence-electron chi connectivity index (χ3n) is 8.59. The van der Waals surface area contributed by atoms with Gasteiger partial charge in [0.1, 0.15) is 17.4 Å². The van der Waals surface area contributed by atoms with Gasteiger partial charge in [-0.2, -0.15) is 0 Å². The number of aliphatic hydroxyl groups excluding tert-OH is 2. The van der Waals surface area contributed by atoms with E-state index in [-0.39, 0.29) is 42.7 Å². The van der Waals surface area contributed by atoms with Crippen molar-refractivity contribution in [2.75, 3.05) is 19.0 Å². The SMILES string of the molecule is CN(C)c1cc(CNCc2cccn2C)c(O)c2c1C[C@H]1C[C@H]3CC(O)C(C(N)=O)C(=O)[C@@]3(O)C(=O)C1=C2O. The van der Waals surface area contributed by atoms with Gasteiger partial charge in [-0.25, -0.2) is 0 Å². The number of anilines is 1. The normalized spacial score (nSPS) is 28.1. The molecule has 2 fully saturated rings. The molecule has 208 valence electrons. The first kappa shape index (κ1) is 26.9. The summed E-state index contributed by atoms with van der Waals surface area (Å²) in [6.45, 7) is 0.808. The summed E-state index contributed by atoms with van der Waals surface area (Å²) in [5.41, 5.74) is 5.60. The molecule has 2 aromatic rings. The van der Waals surface area contributed by atoms with Crippen LogP contribution in [0.15, 0.2) is 30.0 Å². The first-order valence-corrected chi connectivity index (χ1v) is 13.0. The van der Waals surface area contributed by atoms with Crippen LogP contribution in [0.5, 0.6) is 5.75 Å². The van der Waals surface area contributed by atoms with Crippen LogP contribution in [0.1, 0.15) is 35.2 Å². The van der Waals surface area contributed by atoms with Crippen LogP contribution in [-0.2, 0) is 40.9 Å². The molecule has 3 aliphatic carbocycles. The van der Waals surface area contributed by atoms with Crippen LogP contribution in [0.25, 0.3) is 5.76 Å². The average molecular weight is 539 g/mol. The molecule has 0 saturated heterocycles. The highest BCUT2D eigenvalue weighted by molar-refractivity contribution is 6.24. The van der Waals surface area contributed by atoms with Crippen molar-refractivity contribution in [3.05, 3.63) is 52.4 Å². The Kier molecular flexibility index (Phi) is 6.56. The van der Waals surface area contributed by atoms with Gasteiger partial charge in [-0.05, 0) is 48.9 Å². The number of carbonyl (C=O) groups is 3. The molecule has 0 aliphatic heterocycles. The number of nitrogens with one attached hydrogen (secondary N) is 1. The van der Waals surface area contributed by atoms with E-state index in [1.807, 2.05) is 55.0 Å². The number of phenols is 1. The van der Waals surface area contributed by atoms with Gasteiger partial charge in [0.25, 0.3) is 0 Å². The molecule has 5 atom stereocenters. The Hall–Kier alpha value is -3.67. The van der Waals surface area contributed by atoms with Gasteiger partial charge in [0.2, 0.25) is 11.7 Å². The highest BCUT2D eigenvalue weighted by Crippen LogP contribution is 2.53. The second-order valence-electron chi connectivity index (χ2n) is 11.1. The maximum Gasteiger partial charge on any atom is 0.230 e. The Morgan fingerprint density at radius 3 is 2.56 bits per heavy atom. The summed E-state index contributed by atoms with van der Waals surface area (Å²) in [5.74, 6) is -7.18. The number of aryl methyl sites for hydroxylation is 1. The molecule has 5 rings (SSSR count). The molecule has 1 aromatic heterocycles. The van der Waals surface area contributed by atoms with Crippen molar-refractivity contribution in [2.45, 2.75) is 44.1 Å². The topological polar surface area (TPSA) is 178 Å². The largest absolute Gasteiger partial charge is 0.507 e. The molecule has 2 unspecified atom stereocenters. The van der Waals surface area contributed by atoms with Gasteiger partial charge in [0.05, 0.1) is 11.7 Å². The predicted octanol–water partition coefficient (Wildman–Crippen LogP) is 0.283. The zero-order valence-electron chi connectivity index (χ0n) is 22.1. The molecule has 0 bridgehead atoms. The third kappa shape index (κ3) is 4.03. The lowest BCUT2D eigenvalue weighted by atomic mass is 9.56. The number of benzene rings is 1. The van der Waals surface area contributed by atoms with Crippen molar-refractivity contribution in [3.8, 4) is 5.75 Å². The van der Waals surface area contributed by atoms with Crippen molar-refractivity contribution in [3.63, 3.8) is 0 Å². The van der Waals surface area contributed by atoms with Crippen molar-refractivity contribution < 1.29 is 34.8 Å². The number of aromatic nitrogens is 1. The first-order valence-electron chi connectivity index (χ1n) is 13.0. The van der Waals surface area contributed by atoms with Crippen LogP contribution in [-0.4, -0.2) is 68.3 Å². The minimum absolute atomic E-state index is 0.0910. The van der Waals surface area contributed by atoms with Crippen molar-refractivity contribution in [1.82, 2.24) is 9.88 Å². The molecule has 11 heteroatoms. The number of primary amides is 1. The molecule has 1 amide bonds. The van der Waals surface area contributed by atoms with E-state index in [0.717, 1.165) is 11.4 Å². The lowest BCUT2D eigenvalue weighted by Crippen LogP contribution is -2.66. The summed E-state index contributed by atoms with van der Waals surface area (Å²) >= 11 is 0. The smallest absolute Gasteiger partial charge is 0.230 e. The fourth-order valence-electron chi connectivity index (χ4n) is 6.57. The third-order valence-corrected chi connectivity index (χ3v) is 8.59. The van der Waals surface area contributed by atoms with E-state index < -0.39 is 52.7 Å². The lowest BCUT2D eigenvalue weighted by molar-refractivity contribution is -0.174. The zero-order chi connectivity index (χ0) is 28.4. The number of nitrogens with two attached hydrogens (primary N) is 1. The maximum absolute atomic E-state index is 13.7. The van der Waals surface area contributed by atoms with Crippen LogP contribution >= 0.6 is 0 Å². The Morgan fingerprint density at radius 2 is 1.95 bits per heavy atom. The summed E-state index contributed by atoms with van der Waals surface area (Å²) in [6, 6.07) is 5.75. The molecule has 1 aromatic carbocycles. The number of phenolic OH excluding ortho intramolecular Hbond substituents is 1. The summed E-state index contributed by atoms with van der Waals surface area (Å²) in [6.07, 6.45) is 0.769. The summed E-state index contributed by atoms with van der Waals surface area (Å²) in [5, 5.41) is 47.9. The molecule has 11 nitrogen and oxygen atoms in total. The first-order chi connectivity index (χ1) is 18.4. The van der Waals surface area contributed by atoms with E-state index in [1.165, 1.54) is 0 Å². The number of ketones is 2. The minimum Gasteiger partial charge on any atom is -0.507 e. The number of rotatable bonds is 6. The summed E-state index contributed by atoms with van der Waals surface area (Å²) in [4.78, 5) is 40.7. The minimum atomic E-state index is -2.59. The predicted molar refractivity (Wildman–Crippen MR) is 142 cm³/mol. The molecular weight excluding hydrogens is 504 g/mol. The molecule has 2 saturated carbocycles. The number of fused-ring (bicyclic) bond motifs is 3. The van der Waals surface area contributed by atoms with E-state index in [2.05, 4.69) is 5.32 Å². The number of carbonyl (C=O) groups excluding carboxylic acids is 3. The van der Waals surface area contributed by atoms with E-state index in [9.17, 15) is 34.8 Å². The Labute approximate surface area is 225 Å². The Balaban J connectivity index is 1.56. The quantitative estimate of drug-likeness (QED) is 0.282. The zero-order valence-corrected chi connectivity index (χ0v) is 22.1. The molecule has 1 heterocycles. The number of hydrogen-bond donors (Lipinski definition) is 6. The van der Waals surface area contributed by atoms with Crippen LogP contribution in [0.2, 0.25) is 0 Å². The van der Waals surface area contributed by atoms with Gasteiger partial charge in [0, 0.05) is 68.9 Å². The van der Waals surface area contributed by atoms with Crippen molar-refractivity contribution in [2.24, 2.45) is 30.5 Å². The van der Waals surface area contributed by atoms with Gasteiger partial charge >= 0.3 is 0 Å². The maximum atomic E-state index is 13.7. The molecular formula is C28H34N4O7. The van der Waals surface area contributed by atoms with Crippen LogP contribution in [0, 0.1) is 17.8 Å². The highest BCUT2D eigenvalue weighted by atomic mass is 16.3.